The van der Waals surface area contributed by atoms with Crippen LogP contribution in [0.15, 0.2) is 28.7 Å². The average Bonchev–Trinajstić information content (AvgIpc) is 2.22. The van der Waals surface area contributed by atoms with Crippen molar-refractivity contribution in [3.63, 3.8) is 0 Å². The molecule has 86 valence electrons. The highest BCUT2D eigenvalue weighted by Crippen LogP contribution is 2.07. The Kier molecular flexibility index (Phi) is 3.99. The van der Waals surface area contributed by atoms with E-state index in [2.05, 4.69) is 10.3 Å². The number of hydrogen-bond donors (Lipinski definition) is 2. The van der Waals surface area contributed by atoms with Gasteiger partial charge in [-0.2, -0.15) is 0 Å². The van der Waals surface area contributed by atoms with Crippen LogP contribution < -0.4 is 5.32 Å². The Morgan fingerprint density at radius 3 is 2.88 bits per heavy atom. The van der Waals surface area contributed by atoms with E-state index >= 15 is 0 Å². The quantitative estimate of drug-likeness (QED) is 0.558. The molecule has 0 fully saturated rings. The van der Waals surface area contributed by atoms with Crippen LogP contribution in [0.4, 0.5) is 0 Å². The Hall–Kier alpha value is -1.91. The first-order valence-electron chi connectivity index (χ1n) is 5.01. The molecular weight excluding hydrogens is 206 g/mol. The molecule has 1 heterocycles. The van der Waals surface area contributed by atoms with E-state index in [1.54, 1.807) is 13.1 Å². The minimum atomic E-state index is -0.629. The van der Waals surface area contributed by atoms with E-state index in [1.807, 2.05) is 13.8 Å². The molecule has 0 saturated carbocycles. The van der Waals surface area contributed by atoms with Gasteiger partial charge in [0.25, 0.3) is 0 Å². The Morgan fingerprint density at radius 2 is 2.31 bits per heavy atom. The van der Waals surface area contributed by atoms with Crippen LogP contribution in [0.3, 0.4) is 0 Å². The van der Waals surface area contributed by atoms with Crippen molar-refractivity contribution in [1.29, 1.82) is 5.41 Å². The van der Waals surface area contributed by atoms with Crippen LogP contribution in [0.5, 0.6) is 0 Å². The van der Waals surface area contributed by atoms with E-state index in [9.17, 15) is 4.79 Å². The molecule has 16 heavy (non-hydrogen) atoms. The third-order valence-electron chi connectivity index (χ3n) is 1.95. The standard InChI is InChI=1S/C11H15N3O2/c1-4-16-11(15)9(12)5-10-8(3)14-7(2)6-13-10/h5-6,12-13H,4H2,1-3H3/b10-5-,12-9?. The molecule has 0 radical (unpaired) electrons. The van der Waals surface area contributed by atoms with Crippen LogP contribution >= 0.6 is 0 Å². The Bertz CT molecular complexity index is 405. The summed E-state index contributed by atoms with van der Waals surface area (Å²) in [5.41, 5.74) is 2.06. The number of esters is 1. The summed E-state index contributed by atoms with van der Waals surface area (Å²) < 4.78 is 4.71. The van der Waals surface area contributed by atoms with Crippen LogP contribution in [0.25, 0.3) is 0 Å². The third-order valence-corrected chi connectivity index (χ3v) is 1.95. The lowest BCUT2D eigenvalue weighted by Gasteiger charge is -2.13. The first-order valence-corrected chi connectivity index (χ1v) is 5.01. The lowest BCUT2D eigenvalue weighted by atomic mass is 10.2. The monoisotopic (exact) mass is 221 g/mol. The summed E-state index contributed by atoms with van der Waals surface area (Å²) in [5, 5.41) is 10.5. The van der Waals surface area contributed by atoms with Gasteiger partial charge < -0.3 is 10.1 Å². The van der Waals surface area contributed by atoms with Crippen molar-refractivity contribution in [1.82, 2.24) is 5.32 Å². The number of allylic oxidation sites excluding steroid dienone is 2. The minimum absolute atomic E-state index is 0.188. The molecule has 0 saturated heterocycles. The maximum atomic E-state index is 11.2. The minimum Gasteiger partial charge on any atom is -0.461 e. The topological polar surface area (TPSA) is 74.5 Å². The second-order valence-electron chi connectivity index (χ2n) is 3.32. The van der Waals surface area contributed by atoms with Gasteiger partial charge >= 0.3 is 5.97 Å². The van der Waals surface area contributed by atoms with Crippen LogP contribution in [-0.4, -0.2) is 24.0 Å². The van der Waals surface area contributed by atoms with Crippen LogP contribution in [-0.2, 0) is 9.53 Å². The number of ether oxygens (including phenoxy) is 1. The second-order valence-corrected chi connectivity index (χ2v) is 3.32. The number of carbonyl (C=O) groups excluding carboxylic acids is 1. The van der Waals surface area contributed by atoms with Gasteiger partial charge in [0.15, 0.2) is 0 Å². The smallest absolute Gasteiger partial charge is 0.356 e. The maximum absolute atomic E-state index is 11.2. The fraction of sp³-hybridized carbons (Fsp3) is 0.364. The van der Waals surface area contributed by atoms with Gasteiger partial charge in [-0.25, -0.2) is 4.79 Å². The van der Waals surface area contributed by atoms with Gasteiger partial charge in [-0.05, 0) is 26.8 Å². The van der Waals surface area contributed by atoms with Crippen LogP contribution in [0.2, 0.25) is 0 Å². The number of carbonyl (C=O) groups is 1. The highest BCUT2D eigenvalue weighted by atomic mass is 16.5. The molecular formula is C11H15N3O2. The van der Waals surface area contributed by atoms with Gasteiger partial charge in [0.1, 0.15) is 5.71 Å². The van der Waals surface area contributed by atoms with Gasteiger partial charge in [-0.3, -0.25) is 10.4 Å². The van der Waals surface area contributed by atoms with E-state index in [-0.39, 0.29) is 12.3 Å². The number of nitrogens with zero attached hydrogens (tertiary/aromatic N) is 1. The summed E-state index contributed by atoms with van der Waals surface area (Å²) in [6.45, 7) is 5.65. The highest BCUT2D eigenvalue weighted by molar-refractivity contribution is 6.40. The van der Waals surface area contributed by atoms with Gasteiger partial charge in [-0.1, -0.05) is 0 Å². The zero-order valence-corrected chi connectivity index (χ0v) is 9.63. The number of nitrogens with one attached hydrogen (secondary N) is 2. The summed E-state index contributed by atoms with van der Waals surface area (Å²) >= 11 is 0. The van der Waals surface area contributed by atoms with E-state index in [0.29, 0.717) is 5.70 Å². The number of hydrogen-bond acceptors (Lipinski definition) is 5. The van der Waals surface area contributed by atoms with Crippen LogP contribution in [0.1, 0.15) is 20.8 Å². The zero-order valence-electron chi connectivity index (χ0n) is 9.63. The summed E-state index contributed by atoms with van der Waals surface area (Å²) in [5.74, 6) is -0.629. The van der Waals surface area contributed by atoms with E-state index in [0.717, 1.165) is 11.4 Å². The number of aliphatic imine (C=N–C) groups is 1. The molecule has 5 nitrogen and oxygen atoms in total. The summed E-state index contributed by atoms with van der Waals surface area (Å²) in [7, 11) is 0. The third kappa shape index (κ3) is 3.05. The molecule has 0 aromatic rings. The predicted octanol–water partition coefficient (Wildman–Crippen LogP) is 1.38. The van der Waals surface area contributed by atoms with E-state index in [4.69, 9.17) is 10.1 Å². The molecule has 0 aromatic heterocycles. The Labute approximate surface area is 94.4 Å². The maximum Gasteiger partial charge on any atom is 0.356 e. The summed E-state index contributed by atoms with van der Waals surface area (Å²) in [4.78, 5) is 15.4. The van der Waals surface area contributed by atoms with Crippen LogP contribution in [0, 0.1) is 5.41 Å². The van der Waals surface area contributed by atoms with Crippen molar-refractivity contribution in [3.8, 4) is 0 Å². The molecule has 0 amide bonds. The molecule has 0 spiro atoms. The fourth-order valence-electron chi connectivity index (χ4n) is 1.20. The molecule has 5 heteroatoms. The highest BCUT2D eigenvalue weighted by Gasteiger charge is 2.12. The zero-order chi connectivity index (χ0) is 12.1. The lowest BCUT2D eigenvalue weighted by molar-refractivity contribution is -0.135. The molecule has 0 aromatic carbocycles. The van der Waals surface area contributed by atoms with E-state index < -0.39 is 5.97 Å². The molecule has 0 unspecified atom stereocenters. The Balaban J connectivity index is 2.76. The lowest BCUT2D eigenvalue weighted by Crippen LogP contribution is -2.22. The molecule has 1 rings (SSSR count). The van der Waals surface area contributed by atoms with Gasteiger partial charge in [0.2, 0.25) is 0 Å². The van der Waals surface area contributed by atoms with Crippen molar-refractivity contribution in [2.24, 2.45) is 4.99 Å². The Morgan fingerprint density at radius 1 is 1.62 bits per heavy atom. The first kappa shape index (κ1) is 12.2. The SMILES string of the molecule is CCOC(=O)C(=N)/C=C1\NC=C(C)N=C1C. The summed E-state index contributed by atoms with van der Waals surface area (Å²) in [6, 6.07) is 0. The van der Waals surface area contributed by atoms with Gasteiger partial charge in [0.05, 0.1) is 23.7 Å². The van der Waals surface area contributed by atoms with Gasteiger partial charge in [-0.15, -0.1) is 0 Å². The second kappa shape index (κ2) is 5.25. The van der Waals surface area contributed by atoms with Crippen molar-refractivity contribution in [2.45, 2.75) is 20.8 Å². The molecule has 0 bridgehead atoms. The molecule has 0 atom stereocenters. The molecule has 0 aliphatic carbocycles. The first-order chi connectivity index (χ1) is 7.54. The van der Waals surface area contributed by atoms with Crippen molar-refractivity contribution >= 4 is 17.4 Å². The molecule has 1 aliphatic heterocycles. The molecule has 1 aliphatic rings. The van der Waals surface area contributed by atoms with E-state index in [1.165, 1.54) is 6.08 Å². The number of rotatable bonds is 3. The van der Waals surface area contributed by atoms with Crippen molar-refractivity contribution < 1.29 is 9.53 Å². The predicted molar refractivity (Wildman–Crippen MR) is 62.4 cm³/mol. The van der Waals surface area contributed by atoms with Gasteiger partial charge in [0, 0.05) is 6.20 Å². The largest absolute Gasteiger partial charge is 0.461 e. The average molecular weight is 221 g/mol. The fourth-order valence-corrected chi connectivity index (χ4v) is 1.20. The molecule has 2 N–H and O–H groups in total. The summed E-state index contributed by atoms with van der Waals surface area (Å²) in [6.07, 6.45) is 3.14. The van der Waals surface area contributed by atoms with Crippen molar-refractivity contribution in [2.75, 3.05) is 6.61 Å². The normalized spacial score (nSPS) is 17.3. The van der Waals surface area contributed by atoms with Crippen molar-refractivity contribution in [3.05, 3.63) is 23.7 Å².